The second-order valence-corrected chi connectivity index (χ2v) is 5.63. The Morgan fingerprint density at radius 2 is 2.05 bits per heavy atom. The fourth-order valence-electron chi connectivity index (χ4n) is 1.61. The molecule has 2 rings (SSSR count). The largest absolute Gasteiger partial charge is 0.449 e. The summed E-state index contributed by atoms with van der Waals surface area (Å²) in [7, 11) is 0. The number of carbonyl (C=O) groups is 2. The number of aromatic nitrogens is 1. The number of hydrogen-bond acceptors (Lipinski definition) is 4. The molecule has 5 nitrogen and oxygen atoms in total. The van der Waals surface area contributed by atoms with Crippen molar-refractivity contribution in [2.24, 2.45) is 0 Å². The van der Waals surface area contributed by atoms with E-state index in [1.807, 2.05) is 6.07 Å². The summed E-state index contributed by atoms with van der Waals surface area (Å²) in [6.07, 6.45) is 0.441. The average Bonchev–Trinajstić information content (AvgIpc) is 2.49. The van der Waals surface area contributed by atoms with Crippen LogP contribution in [0.4, 0.5) is 5.69 Å². The van der Waals surface area contributed by atoms with E-state index in [1.165, 1.54) is 25.3 Å². The first-order chi connectivity index (χ1) is 10.5. The molecule has 2 aromatic rings. The van der Waals surface area contributed by atoms with Gasteiger partial charge in [-0.25, -0.2) is 9.78 Å². The van der Waals surface area contributed by atoms with Gasteiger partial charge < -0.3 is 10.1 Å². The molecule has 1 heterocycles. The molecule has 0 fully saturated rings. The molecule has 114 valence electrons. The Morgan fingerprint density at radius 1 is 1.32 bits per heavy atom. The number of esters is 1. The van der Waals surface area contributed by atoms with Crippen LogP contribution in [-0.2, 0) is 9.53 Å². The van der Waals surface area contributed by atoms with Crippen molar-refractivity contribution in [3.8, 4) is 0 Å². The van der Waals surface area contributed by atoms with E-state index in [-0.39, 0.29) is 10.7 Å². The molecule has 0 spiro atoms. The predicted molar refractivity (Wildman–Crippen MR) is 86.9 cm³/mol. The highest BCUT2D eigenvalue weighted by Gasteiger charge is 2.19. The van der Waals surface area contributed by atoms with Gasteiger partial charge in [-0.2, -0.15) is 0 Å². The minimum atomic E-state index is -0.952. The SMILES string of the molecule is CC(OC(=O)c1ccnc(Cl)c1)C(=O)Nc1ccccc1Br. The van der Waals surface area contributed by atoms with Crippen molar-refractivity contribution in [2.75, 3.05) is 5.32 Å². The quantitative estimate of drug-likeness (QED) is 0.646. The lowest BCUT2D eigenvalue weighted by Gasteiger charge is -2.14. The lowest BCUT2D eigenvalue weighted by atomic mass is 10.2. The molecular weight excluding hydrogens is 372 g/mol. The van der Waals surface area contributed by atoms with Crippen molar-refractivity contribution in [3.63, 3.8) is 0 Å². The molecule has 0 aliphatic carbocycles. The summed E-state index contributed by atoms with van der Waals surface area (Å²) in [6.45, 7) is 1.49. The molecule has 0 aliphatic heterocycles. The van der Waals surface area contributed by atoms with Crippen LogP contribution in [0.5, 0.6) is 0 Å². The highest BCUT2D eigenvalue weighted by atomic mass is 79.9. The van der Waals surface area contributed by atoms with Gasteiger partial charge in [0.2, 0.25) is 0 Å². The molecule has 1 unspecified atom stereocenters. The Hall–Kier alpha value is -1.92. The number of carbonyl (C=O) groups excluding carboxylic acids is 2. The molecule has 1 atom stereocenters. The van der Waals surface area contributed by atoms with Crippen LogP contribution in [-0.4, -0.2) is 23.0 Å². The molecule has 7 heteroatoms. The third-order valence-corrected chi connectivity index (χ3v) is 3.65. The Kier molecular flexibility index (Phi) is 5.51. The molecule has 0 radical (unpaired) electrons. The minimum Gasteiger partial charge on any atom is -0.449 e. The summed E-state index contributed by atoms with van der Waals surface area (Å²) >= 11 is 9.03. The number of benzene rings is 1. The van der Waals surface area contributed by atoms with Gasteiger partial charge in [0.15, 0.2) is 6.10 Å². The van der Waals surface area contributed by atoms with E-state index >= 15 is 0 Å². The fraction of sp³-hybridized carbons (Fsp3) is 0.133. The maximum absolute atomic E-state index is 12.1. The van der Waals surface area contributed by atoms with Crippen LogP contribution in [0, 0.1) is 0 Å². The van der Waals surface area contributed by atoms with Gasteiger partial charge in [-0.05, 0) is 47.1 Å². The van der Waals surface area contributed by atoms with E-state index in [4.69, 9.17) is 16.3 Å². The van der Waals surface area contributed by atoms with Crippen molar-refractivity contribution in [3.05, 3.63) is 57.8 Å². The number of nitrogens with one attached hydrogen (secondary N) is 1. The van der Waals surface area contributed by atoms with E-state index in [0.717, 1.165) is 4.47 Å². The van der Waals surface area contributed by atoms with E-state index in [9.17, 15) is 9.59 Å². The molecule has 1 aromatic carbocycles. The highest BCUT2D eigenvalue weighted by molar-refractivity contribution is 9.10. The molecule has 1 N–H and O–H groups in total. The Morgan fingerprint density at radius 3 is 2.73 bits per heavy atom. The van der Waals surface area contributed by atoms with Crippen LogP contribution >= 0.6 is 27.5 Å². The summed E-state index contributed by atoms with van der Waals surface area (Å²) in [5.74, 6) is -1.07. The summed E-state index contributed by atoms with van der Waals surface area (Å²) in [5, 5.41) is 2.86. The maximum atomic E-state index is 12.1. The maximum Gasteiger partial charge on any atom is 0.339 e. The van der Waals surface area contributed by atoms with Crippen molar-refractivity contribution < 1.29 is 14.3 Å². The lowest BCUT2D eigenvalue weighted by molar-refractivity contribution is -0.123. The zero-order valence-corrected chi connectivity index (χ0v) is 13.9. The number of amides is 1. The molecule has 0 aliphatic rings. The van der Waals surface area contributed by atoms with Gasteiger partial charge in [0.05, 0.1) is 11.3 Å². The zero-order valence-electron chi connectivity index (χ0n) is 11.5. The minimum absolute atomic E-state index is 0.180. The number of para-hydroxylation sites is 1. The third kappa shape index (κ3) is 4.29. The summed E-state index contributed by atoms with van der Waals surface area (Å²) in [6, 6.07) is 9.99. The topological polar surface area (TPSA) is 68.3 Å². The van der Waals surface area contributed by atoms with Gasteiger partial charge in [0.25, 0.3) is 5.91 Å². The average molecular weight is 384 g/mol. The number of rotatable bonds is 4. The summed E-state index contributed by atoms with van der Waals surface area (Å²) in [4.78, 5) is 27.8. The molecule has 0 bridgehead atoms. The number of hydrogen-bond donors (Lipinski definition) is 1. The zero-order chi connectivity index (χ0) is 16.1. The Balaban J connectivity index is 1.99. The van der Waals surface area contributed by atoms with Gasteiger partial charge >= 0.3 is 5.97 Å². The Bertz CT molecular complexity index is 709. The second-order valence-electron chi connectivity index (χ2n) is 4.38. The van der Waals surface area contributed by atoms with Crippen LogP contribution in [0.1, 0.15) is 17.3 Å². The van der Waals surface area contributed by atoms with E-state index in [1.54, 1.807) is 18.2 Å². The molecular formula is C15H12BrClN2O3. The number of halogens is 2. The first-order valence-corrected chi connectivity index (χ1v) is 7.52. The van der Waals surface area contributed by atoms with Gasteiger partial charge in [-0.15, -0.1) is 0 Å². The molecule has 0 saturated heterocycles. The molecule has 1 amide bonds. The van der Waals surface area contributed by atoms with Crippen molar-refractivity contribution in [1.29, 1.82) is 0 Å². The number of ether oxygens (including phenoxy) is 1. The van der Waals surface area contributed by atoms with Crippen molar-refractivity contribution >= 4 is 45.1 Å². The van der Waals surface area contributed by atoms with Crippen LogP contribution in [0.25, 0.3) is 0 Å². The van der Waals surface area contributed by atoms with Crippen LogP contribution in [0.3, 0.4) is 0 Å². The first kappa shape index (κ1) is 16.5. The number of nitrogens with zero attached hydrogens (tertiary/aromatic N) is 1. The van der Waals surface area contributed by atoms with Gasteiger partial charge in [-0.1, -0.05) is 23.7 Å². The normalized spacial score (nSPS) is 11.6. The monoisotopic (exact) mass is 382 g/mol. The smallest absolute Gasteiger partial charge is 0.339 e. The second kappa shape index (κ2) is 7.38. The molecule has 0 saturated carbocycles. The summed E-state index contributed by atoms with van der Waals surface area (Å²) in [5.41, 5.74) is 0.836. The standard InChI is InChI=1S/C15H12BrClN2O3/c1-9(14(20)19-12-5-3-2-4-11(12)16)22-15(21)10-6-7-18-13(17)8-10/h2-9H,1H3,(H,19,20). The lowest BCUT2D eigenvalue weighted by Crippen LogP contribution is -2.30. The van der Waals surface area contributed by atoms with Crippen molar-refractivity contribution in [2.45, 2.75) is 13.0 Å². The predicted octanol–water partition coefficient (Wildman–Crippen LogP) is 3.68. The van der Waals surface area contributed by atoms with Gasteiger partial charge in [0, 0.05) is 10.7 Å². The van der Waals surface area contributed by atoms with Crippen LogP contribution < -0.4 is 5.32 Å². The van der Waals surface area contributed by atoms with Crippen molar-refractivity contribution in [1.82, 2.24) is 4.98 Å². The van der Waals surface area contributed by atoms with Gasteiger partial charge in [-0.3, -0.25) is 4.79 Å². The van der Waals surface area contributed by atoms with E-state index < -0.39 is 18.0 Å². The Labute approximate surface area is 140 Å². The number of anilines is 1. The molecule has 22 heavy (non-hydrogen) atoms. The van der Waals surface area contributed by atoms with Gasteiger partial charge in [0.1, 0.15) is 5.15 Å². The molecule has 1 aromatic heterocycles. The highest BCUT2D eigenvalue weighted by Crippen LogP contribution is 2.21. The first-order valence-electron chi connectivity index (χ1n) is 6.35. The summed E-state index contributed by atoms with van der Waals surface area (Å²) < 4.78 is 5.85. The fourth-order valence-corrected chi connectivity index (χ4v) is 2.17. The number of pyridine rings is 1. The van der Waals surface area contributed by atoms with E-state index in [2.05, 4.69) is 26.2 Å². The van der Waals surface area contributed by atoms with Crippen LogP contribution in [0.2, 0.25) is 5.15 Å². The van der Waals surface area contributed by atoms with Crippen LogP contribution in [0.15, 0.2) is 47.1 Å². The van der Waals surface area contributed by atoms with E-state index in [0.29, 0.717) is 5.69 Å². The third-order valence-electron chi connectivity index (χ3n) is 2.75.